The van der Waals surface area contributed by atoms with E-state index >= 15 is 0 Å². The topological polar surface area (TPSA) is 54.0 Å². The summed E-state index contributed by atoms with van der Waals surface area (Å²) in [6, 6.07) is 2.58. The van der Waals surface area contributed by atoms with E-state index in [1.54, 1.807) is 7.05 Å². The third-order valence-electron chi connectivity index (χ3n) is 2.42. The van der Waals surface area contributed by atoms with Gasteiger partial charge >= 0.3 is 0 Å². The van der Waals surface area contributed by atoms with Crippen LogP contribution in [0.1, 0.15) is 25.0 Å². The number of nitrogens with one attached hydrogen (secondary N) is 2. The minimum atomic E-state index is 0.0201. The molecule has 0 atom stereocenters. The normalized spacial score (nSPS) is 10.7. The molecule has 1 aromatic heterocycles. The molecule has 0 aliphatic rings. The van der Waals surface area contributed by atoms with Crippen molar-refractivity contribution in [2.45, 2.75) is 38.4 Å². The summed E-state index contributed by atoms with van der Waals surface area (Å²) in [6.07, 6.45) is 1.87. The molecule has 0 aromatic carbocycles. The van der Waals surface area contributed by atoms with Crippen LogP contribution < -0.4 is 10.6 Å². The third kappa shape index (κ3) is 5.06. The van der Waals surface area contributed by atoms with Crippen LogP contribution in [-0.2, 0) is 11.3 Å². The first-order chi connectivity index (χ1) is 8.52. The second kappa shape index (κ2) is 7.38. The fraction of sp³-hybridized carbons (Fsp3) is 0.538. The van der Waals surface area contributed by atoms with Gasteiger partial charge < -0.3 is 10.6 Å². The van der Waals surface area contributed by atoms with Crippen LogP contribution in [0.5, 0.6) is 0 Å². The average molecular weight is 267 g/mol. The van der Waals surface area contributed by atoms with E-state index in [1.165, 1.54) is 17.3 Å². The minimum absolute atomic E-state index is 0.0201. The van der Waals surface area contributed by atoms with Gasteiger partial charge in [0, 0.05) is 25.8 Å². The molecular weight excluding hydrogens is 246 g/mol. The number of hydrogen-bond donors (Lipinski definition) is 2. The summed E-state index contributed by atoms with van der Waals surface area (Å²) in [5.74, 6) is 0.431. The number of nitrogens with zero attached hydrogens (tertiary/aromatic N) is 1. The lowest BCUT2D eigenvalue weighted by Crippen LogP contribution is -2.22. The van der Waals surface area contributed by atoms with Gasteiger partial charge in [0.25, 0.3) is 0 Å². The van der Waals surface area contributed by atoms with E-state index in [2.05, 4.69) is 35.5 Å². The van der Waals surface area contributed by atoms with Gasteiger partial charge in [-0.05, 0) is 18.1 Å². The molecule has 0 saturated heterocycles. The molecule has 0 fully saturated rings. The van der Waals surface area contributed by atoms with Gasteiger partial charge in [-0.15, -0.1) is 0 Å². The highest BCUT2D eigenvalue weighted by Crippen LogP contribution is 2.20. The van der Waals surface area contributed by atoms with Gasteiger partial charge in [-0.3, -0.25) is 4.79 Å². The van der Waals surface area contributed by atoms with E-state index in [0.29, 0.717) is 11.8 Å². The monoisotopic (exact) mass is 267 g/mol. The van der Waals surface area contributed by atoms with Crippen molar-refractivity contribution >= 4 is 17.7 Å². The van der Waals surface area contributed by atoms with E-state index < -0.39 is 0 Å². The molecule has 18 heavy (non-hydrogen) atoms. The zero-order valence-corrected chi connectivity index (χ0v) is 12.2. The molecule has 1 rings (SSSR count). The van der Waals surface area contributed by atoms with Gasteiger partial charge in [-0.25, -0.2) is 4.98 Å². The standard InChI is InChI=1S/C13H21N3OS/c1-9(2)15-6-11-5-10(3)13(16-7-11)18-8-12(17)14-4/h5,7,9,15H,6,8H2,1-4H3,(H,14,17). The van der Waals surface area contributed by atoms with Crippen LogP contribution in [0.15, 0.2) is 17.3 Å². The third-order valence-corrected chi connectivity index (χ3v) is 3.53. The molecule has 100 valence electrons. The van der Waals surface area contributed by atoms with E-state index in [1.807, 2.05) is 13.1 Å². The lowest BCUT2D eigenvalue weighted by Gasteiger charge is -2.10. The first kappa shape index (κ1) is 15.0. The van der Waals surface area contributed by atoms with Crippen LogP contribution >= 0.6 is 11.8 Å². The number of hydrogen-bond acceptors (Lipinski definition) is 4. The molecule has 0 aliphatic carbocycles. The molecule has 1 aromatic rings. The maximum absolute atomic E-state index is 11.2. The van der Waals surface area contributed by atoms with Gasteiger partial charge in [0.05, 0.1) is 10.8 Å². The molecule has 0 spiro atoms. The fourth-order valence-electron chi connectivity index (χ4n) is 1.40. The highest BCUT2D eigenvalue weighted by Gasteiger charge is 2.06. The molecule has 1 heterocycles. The Kier molecular flexibility index (Phi) is 6.15. The Morgan fingerprint density at radius 1 is 1.50 bits per heavy atom. The number of carbonyl (C=O) groups excluding carboxylic acids is 1. The van der Waals surface area contributed by atoms with Gasteiger partial charge in [0.2, 0.25) is 5.91 Å². The first-order valence-electron chi connectivity index (χ1n) is 6.05. The highest BCUT2D eigenvalue weighted by molar-refractivity contribution is 7.99. The van der Waals surface area contributed by atoms with Crippen LogP contribution in [0.2, 0.25) is 0 Å². The summed E-state index contributed by atoms with van der Waals surface area (Å²) in [6.45, 7) is 7.09. The van der Waals surface area contributed by atoms with Gasteiger partial charge in [0.1, 0.15) is 0 Å². The number of aromatic nitrogens is 1. The molecule has 0 bridgehead atoms. The molecule has 2 N–H and O–H groups in total. The van der Waals surface area contributed by atoms with E-state index in [-0.39, 0.29) is 5.91 Å². The SMILES string of the molecule is CNC(=O)CSc1ncc(CNC(C)C)cc1C. The summed E-state index contributed by atoms with van der Waals surface area (Å²) >= 11 is 1.47. The molecule has 4 nitrogen and oxygen atoms in total. The largest absolute Gasteiger partial charge is 0.358 e. The van der Waals surface area contributed by atoms with Crippen molar-refractivity contribution in [1.29, 1.82) is 0 Å². The highest BCUT2D eigenvalue weighted by atomic mass is 32.2. The number of pyridine rings is 1. The van der Waals surface area contributed by atoms with Crippen molar-refractivity contribution in [3.05, 3.63) is 23.4 Å². The second-order valence-corrected chi connectivity index (χ2v) is 5.43. The number of amides is 1. The molecule has 0 aliphatic heterocycles. The van der Waals surface area contributed by atoms with Crippen LogP contribution in [0, 0.1) is 6.92 Å². The Balaban J connectivity index is 2.59. The number of carbonyl (C=O) groups is 1. The number of rotatable bonds is 6. The summed E-state index contributed by atoms with van der Waals surface area (Å²) in [7, 11) is 1.64. The average Bonchev–Trinajstić information content (AvgIpc) is 2.34. The molecule has 5 heteroatoms. The summed E-state index contributed by atoms with van der Waals surface area (Å²) in [5, 5.41) is 6.88. The summed E-state index contributed by atoms with van der Waals surface area (Å²) in [4.78, 5) is 15.6. The maximum Gasteiger partial charge on any atom is 0.230 e. The van der Waals surface area contributed by atoms with E-state index in [0.717, 1.165) is 17.1 Å². The van der Waals surface area contributed by atoms with Crippen molar-refractivity contribution < 1.29 is 4.79 Å². The van der Waals surface area contributed by atoms with Crippen LogP contribution in [0.4, 0.5) is 0 Å². The van der Waals surface area contributed by atoms with Crippen molar-refractivity contribution in [3.63, 3.8) is 0 Å². The molecule has 0 radical (unpaired) electrons. The smallest absolute Gasteiger partial charge is 0.230 e. The van der Waals surface area contributed by atoms with Crippen LogP contribution in [0.3, 0.4) is 0 Å². The number of aryl methyl sites for hydroxylation is 1. The molecular formula is C13H21N3OS. The first-order valence-corrected chi connectivity index (χ1v) is 7.03. The van der Waals surface area contributed by atoms with Crippen molar-refractivity contribution in [3.8, 4) is 0 Å². The molecule has 0 unspecified atom stereocenters. The lowest BCUT2D eigenvalue weighted by molar-refractivity contribution is -0.118. The van der Waals surface area contributed by atoms with Crippen molar-refractivity contribution in [2.24, 2.45) is 0 Å². The quantitative estimate of drug-likeness (QED) is 0.771. The Morgan fingerprint density at radius 3 is 2.78 bits per heavy atom. The van der Waals surface area contributed by atoms with Crippen LogP contribution in [0.25, 0.3) is 0 Å². The zero-order chi connectivity index (χ0) is 13.5. The predicted molar refractivity (Wildman–Crippen MR) is 75.7 cm³/mol. The molecule has 0 saturated carbocycles. The predicted octanol–water partition coefficient (Wildman–Crippen LogP) is 1.73. The Labute approximate surface area is 113 Å². The van der Waals surface area contributed by atoms with Gasteiger partial charge in [-0.2, -0.15) is 0 Å². The lowest BCUT2D eigenvalue weighted by atomic mass is 10.2. The summed E-state index contributed by atoms with van der Waals surface area (Å²) in [5.41, 5.74) is 2.29. The van der Waals surface area contributed by atoms with E-state index in [9.17, 15) is 4.79 Å². The Morgan fingerprint density at radius 2 is 2.22 bits per heavy atom. The number of thioether (sulfide) groups is 1. The maximum atomic E-state index is 11.2. The second-order valence-electron chi connectivity index (χ2n) is 4.46. The van der Waals surface area contributed by atoms with Crippen molar-refractivity contribution in [1.82, 2.24) is 15.6 Å². The minimum Gasteiger partial charge on any atom is -0.358 e. The molecule has 1 amide bonds. The van der Waals surface area contributed by atoms with E-state index in [4.69, 9.17) is 0 Å². The van der Waals surface area contributed by atoms with Gasteiger partial charge in [-0.1, -0.05) is 31.7 Å². The Hall–Kier alpha value is -1.07. The fourth-order valence-corrected chi connectivity index (χ4v) is 2.22. The Bertz CT molecular complexity index is 407. The van der Waals surface area contributed by atoms with Crippen molar-refractivity contribution in [2.75, 3.05) is 12.8 Å². The summed E-state index contributed by atoms with van der Waals surface area (Å²) < 4.78 is 0. The zero-order valence-electron chi connectivity index (χ0n) is 11.4. The van der Waals surface area contributed by atoms with Crippen LogP contribution in [-0.4, -0.2) is 29.7 Å². The van der Waals surface area contributed by atoms with Gasteiger partial charge in [0.15, 0.2) is 0 Å².